The van der Waals surface area contributed by atoms with E-state index in [2.05, 4.69) is 10.3 Å². The van der Waals surface area contributed by atoms with Crippen molar-refractivity contribution >= 4 is 23.2 Å². The number of aromatic nitrogens is 1. The van der Waals surface area contributed by atoms with E-state index in [4.69, 9.17) is 0 Å². The van der Waals surface area contributed by atoms with E-state index in [0.29, 0.717) is 18.5 Å². The Kier molecular flexibility index (Phi) is 6.54. The maximum atomic E-state index is 13.1. The Hall–Kier alpha value is -2.99. The Morgan fingerprint density at radius 1 is 0.967 bits per heavy atom. The molecular formula is C24H25N3O2S. The number of benzene rings is 2. The third kappa shape index (κ3) is 5.13. The van der Waals surface area contributed by atoms with Gasteiger partial charge in [-0.3, -0.25) is 9.59 Å². The normalized spacial score (nSPS) is 14.5. The minimum absolute atomic E-state index is 0.00978. The Morgan fingerprint density at radius 2 is 1.60 bits per heavy atom. The molecule has 0 spiro atoms. The minimum Gasteiger partial charge on any atom is -0.341 e. The molecule has 1 aliphatic rings. The van der Waals surface area contributed by atoms with E-state index in [1.807, 2.05) is 65.6 Å². The Morgan fingerprint density at radius 3 is 2.27 bits per heavy atom. The molecule has 1 unspecified atom stereocenters. The van der Waals surface area contributed by atoms with Crippen LogP contribution in [0.2, 0.25) is 0 Å². The molecule has 2 heterocycles. The second-order valence-electron chi connectivity index (χ2n) is 7.54. The molecule has 0 bridgehead atoms. The quantitative estimate of drug-likeness (QED) is 0.635. The molecule has 2 aromatic carbocycles. The number of nitrogens with one attached hydrogen (secondary N) is 1. The number of rotatable bonds is 7. The predicted molar refractivity (Wildman–Crippen MR) is 119 cm³/mol. The smallest absolute Gasteiger partial charge is 0.271 e. The van der Waals surface area contributed by atoms with E-state index in [0.717, 1.165) is 42.1 Å². The van der Waals surface area contributed by atoms with Crippen molar-refractivity contribution in [1.29, 1.82) is 0 Å². The summed E-state index contributed by atoms with van der Waals surface area (Å²) < 4.78 is 0. The molecule has 1 aliphatic heterocycles. The first-order valence-electron chi connectivity index (χ1n) is 10.3. The average molecular weight is 420 g/mol. The highest BCUT2D eigenvalue weighted by atomic mass is 32.1. The summed E-state index contributed by atoms with van der Waals surface area (Å²) in [5.74, 6) is -0.302. The van der Waals surface area contributed by atoms with Crippen LogP contribution in [0.1, 0.15) is 39.5 Å². The van der Waals surface area contributed by atoms with Crippen LogP contribution in [0.25, 0.3) is 0 Å². The lowest BCUT2D eigenvalue weighted by molar-refractivity contribution is -0.132. The van der Waals surface area contributed by atoms with Gasteiger partial charge < -0.3 is 10.2 Å². The Bertz CT molecular complexity index is 982. The highest BCUT2D eigenvalue weighted by Gasteiger charge is 2.28. The SMILES string of the molecule is O=C(NC(Cc1ccccc1)C(=O)N1CCCC1)c1csc(Cc2ccccc2)n1. The first-order valence-corrected chi connectivity index (χ1v) is 11.2. The van der Waals surface area contributed by atoms with E-state index in [9.17, 15) is 9.59 Å². The van der Waals surface area contributed by atoms with Gasteiger partial charge >= 0.3 is 0 Å². The van der Waals surface area contributed by atoms with Gasteiger partial charge in [-0.2, -0.15) is 0 Å². The van der Waals surface area contributed by atoms with Crippen molar-refractivity contribution in [3.05, 3.63) is 87.9 Å². The molecule has 0 saturated carbocycles. The molecule has 1 aromatic heterocycles. The summed E-state index contributed by atoms with van der Waals surface area (Å²) in [6.07, 6.45) is 3.21. The first-order chi connectivity index (χ1) is 14.7. The van der Waals surface area contributed by atoms with Gasteiger partial charge in [0.05, 0.1) is 5.01 Å². The minimum atomic E-state index is -0.586. The number of amides is 2. The van der Waals surface area contributed by atoms with Gasteiger partial charge in [0.2, 0.25) is 5.91 Å². The van der Waals surface area contributed by atoms with Gasteiger partial charge in [-0.25, -0.2) is 4.98 Å². The lowest BCUT2D eigenvalue weighted by atomic mass is 10.0. The topological polar surface area (TPSA) is 62.3 Å². The molecule has 6 heteroatoms. The number of carbonyl (C=O) groups is 2. The fraction of sp³-hybridized carbons (Fsp3) is 0.292. The third-order valence-electron chi connectivity index (χ3n) is 5.29. The number of nitrogens with zero attached hydrogens (tertiary/aromatic N) is 2. The molecule has 0 aliphatic carbocycles. The Labute approximate surface area is 180 Å². The largest absolute Gasteiger partial charge is 0.341 e. The molecule has 1 saturated heterocycles. The van der Waals surface area contributed by atoms with Gasteiger partial charge in [0.15, 0.2) is 0 Å². The molecule has 0 radical (unpaired) electrons. The summed E-state index contributed by atoms with van der Waals surface area (Å²) in [6, 6.07) is 19.3. The molecule has 154 valence electrons. The zero-order valence-corrected chi connectivity index (χ0v) is 17.6. The van der Waals surface area contributed by atoms with Crippen LogP contribution >= 0.6 is 11.3 Å². The van der Waals surface area contributed by atoms with Crippen LogP contribution in [0.3, 0.4) is 0 Å². The van der Waals surface area contributed by atoms with E-state index < -0.39 is 6.04 Å². The molecular weight excluding hydrogens is 394 g/mol. The molecule has 1 N–H and O–H groups in total. The second-order valence-corrected chi connectivity index (χ2v) is 8.48. The molecule has 1 fully saturated rings. The number of likely N-dealkylation sites (tertiary alicyclic amines) is 1. The van der Waals surface area contributed by atoms with E-state index in [-0.39, 0.29) is 11.8 Å². The van der Waals surface area contributed by atoms with Gasteiger partial charge in [0.25, 0.3) is 5.91 Å². The summed E-state index contributed by atoms with van der Waals surface area (Å²) >= 11 is 1.47. The van der Waals surface area contributed by atoms with Gasteiger partial charge in [-0.1, -0.05) is 60.7 Å². The van der Waals surface area contributed by atoms with Crippen molar-refractivity contribution in [3.8, 4) is 0 Å². The van der Waals surface area contributed by atoms with Crippen LogP contribution in [-0.4, -0.2) is 40.8 Å². The summed E-state index contributed by atoms with van der Waals surface area (Å²) in [7, 11) is 0. The van der Waals surface area contributed by atoms with Crippen molar-refractivity contribution in [2.24, 2.45) is 0 Å². The molecule has 5 nitrogen and oxygen atoms in total. The van der Waals surface area contributed by atoms with Crippen LogP contribution in [0.5, 0.6) is 0 Å². The summed E-state index contributed by atoms with van der Waals surface area (Å²) in [6.45, 7) is 1.52. The molecule has 3 aromatic rings. The van der Waals surface area contributed by atoms with Crippen molar-refractivity contribution in [2.45, 2.75) is 31.7 Å². The lowest BCUT2D eigenvalue weighted by Crippen LogP contribution is -2.49. The lowest BCUT2D eigenvalue weighted by Gasteiger charge is -2.24. The maximum absolute atomic E-state index is 13.1. The summed E-state index contributed by atoms with van der Waals surface area (Å²) in [4.78, 5) is 32.3. The molecule has 30 heavy (non-hydrogen) atoms. The van der Waals surface area contributed by atoms with Crippen molar-refractivity contribution in [3.63, 3.8) is 0 Å². The number of hydrogen-bond acceptors (Lipinski definition) is 4. The van der Waals surface area contributed by atoms with Crippen molar-refractivity contribution < 1.29 is 9.59 Å². The van der Waals surface area contributed by atoms with Crippen LogP contribution < -0.4 is 5.32 Å². The third-order valence-corrected chi connectivity index (χ3v) is 6.14. The predicted octanol–water partition coefficient (Wildman–Crippen LogP) is 3.70. The van der Waals surface area contributed by atoms with Crippen LogP contribution in [0.15, 0.2) is 66.0 Å². The molecule has 1 atom stereocenters. The van der Waals surface area contributed by atoms with E-state index >= 15 is 0 Å². The fourth-order valence-electron chi connectivity index (χ4n) is 3.71. The highest BCUT2D eigenvalue weighted by molar-refractivity contribution is 7.09. The Balaban J connectivity index is 1.46. The van der Waals surface area contributed by atoms with Gasteiger partial charge in [0, 0.05) is 31.3 Å². The number of carbonyl (C=O) groups excluding carboxylic acids is 2. The van der Waals surface area contributed by atoms with Crippen LogP contribution in [0, 0.1) is 0 Å². The van der Waals surface area contributed by atoms with Gasteiger partial charge in [0.1, 0.15) is 11.7 Å². The van der Waals surface area contributed by atoms with Crippen LogP contribution in [-0.2, 0) is 17.6 Å². The average Bonchev–Trinajstić information content (AvgIpc) is 3.47. The number of thiazole rings is 1. The van der Waals surface area contributed by atoms with Crippen LogP contribution in [0.4, 0.5) is 0 Å². The summed E-state index contributed by atoms with van der Waals surface area (Å²) in [5, 5.41) is 5.61. The van der Waals surface area contributed by atoms with E-state index in [1.54, 1.807) is 5.38 Å². The standard InChI is InChI=1S/C24H25N3O2S/c28-23(21-17-30-22(25-21)16-19-11-5-2-6-12-19)26-20(15-18-9-3-1-4-10-18)24(29)27-13-7-8-14-27/h1-6,9-12,17,20H,7-8,13-16H2,(H,26,28). The van der Waals surface area contributed by atoms with Crippen molar-refractivity contribution in [1.82, 2.24) is 15.2 Å². The summed E-state index contributed by atoms with van der Waals surface area (Å²) in [5.41, 5.74) is 2.56. The highest BCUT2D eigenvalue weighted by Crippen LogP contribution is 2.16. The maximum Gasteiger partial charge on any atom is 0.271 e. The molecule has 4 rings (SSSR count). The zero-order valence-electron chi connectivity index (χ0n) is 16.8. The second kappa shape index (κ2) is 9.67. The fourth-order valence-corrected chi connectivity index (χ4v) is 4.52. The zero-order chi connectivity index (χ0) is 20.8. The first kappa shape index (κ1) is 20.3. The van der Waals surface area contributed by atoms with Crippen molar-refractivity contribution in [2.75, 3.05) is 13.1 Å². The molecule has 2 amide bonds. The monoisotopic (exact) mass is 419 g/mol. The van der Waals surface area contributed by atoms with Gasteiger partial charge in [-0.05, 0) is 24.0 Å². The van der Waals surface area contributed by atoms with Gasteiger partial charge in [-0.15, -0.1) is 11.3 Å². The number of hydrogen-bond donors (Lipinski definition) is 1. The van der Waals surface area contributed by atoms with E-state index in [1.165, 1.54) is 11.3 Å².